The van der Waals surface area contributed by atoms with Crippen LogP contribution >= 0.6 is 0 Å². The van der Waals surface area contributed by atoms with E-state index in [1.54, 1.807) is 17.6 Å². The summed E-state index contributed by atoms with van der Waals surface area (Å²) in [6.07, 6.45) is 5.23. The van der Waals surface area contributed by atoms with Gasteiger partial charge in [0.25, 0.3) is 0 Å². The topological polar surface area (TPSA) is 0 Å². The van der Waals surface area contributed by atoms with E-state index in [4.69, 9.17) is 0 Å². The summed E-state index contributed by atoms with van der Waals surface area (Å²) in [6, 6.07) is 37.5. The predicted octanol–water partition coefficient (Wildman–Crippen LogP) is 5.75. The van der Waals surface area contributed by atoms with Crippen LogP contribution in [0.1, 0.15) is 106 Å². The van der Waals surface area contributed by atoms with Crippen LogP contribution < -0.4 is 24.8 Å². The van der Waals surface area contributed by atoms with Gasteiger partial charge in [0.1, 0.15) is 0 Å². The van der Waals surface area contributed by atoms with E-state index >= 15 is 0 Å². The Kier molecular flexibility index (Phi) is 11.1. The fourth-order valence-corrected chi connectivity index (χ4v) is 16.8. The molecule has 0 saturated carbocycles. The molecule has 2 atom stereocenters. The molecule has 4 aromatic carbocycles. The third-order valence-corrected chi connectivity index (χ3v) is 18.5. The van der Waals surface area contributed by atoms with E-state index in [9.17, 15) is 0 Å². The summed E-state index contributed by atoms with van der Waals surface area (Å²) in [7, 11) is 0. The zero-order valence-corrected chi connectivity index (χ0v) is 33.8. The molecule has 0 N–H and O–H groups in total. The Bertz CT molecular complexity index is 1800. The van der Waals surface area contributed by atoms with Crippen molar-refractivity contribution in [1.82, 2.24) is 0 Å². The molecule has 0 radical (unpaired) electrons. The van der Waals surface area contributed by atoms with E-state index in [2.05, 4.69) is 178 Å². The van der Waals surface area contributed by atoms with Crippen molar-refractivity contribution >= 4 is 3.21 Å². The van der Waals surface area contributed by atoms with Crippen molar-refractivity contribution < 1.29 is 46.1 Å². The molecule has 0 bridgehead atoms. The summed E-state index contributed by atoms with van der Waals surface area (Å²) < 4.78 is 3.73. The van der Waals surface area contributed by atoms with E-state index in [0.29, 0.717) is 9.54 Å². The summed E-state index contributed by atoms with van der Waals surface area (Å²) in [6.45, 7) is 23.8. The minimum atomic E-state index is -2.84. The van der Waals surface area contributed by atoms with Crippen LogP contribution in [0.5, 0.6) is 0 Å². The molecule has 3 heteroatoms. The first kappa shape index (κ1) is 37.5. The number of rotatable bonds is 4. The first-order valence-electron chi connectivity index (χ1n) is 16.7. The molecule has 0 aliphatic heterocycles. The molecule has 0 aromatic heterocycles. The van der Waals surface area contributed by atoms with Gasteiger partial charge >= 0.3 is 282 Å². The molecule has 0 nitrogen and oxygen atoms in total. The monoisotopic (exact) mass is 738 g/mol. The van der Waals surface area contributed by atoms with Gasteiger partial charge in [-0.3, -0.25) is 0 Å². The Morgan fingerprint density at radius 2 is 1.17 bits per heavy atom. The zero-order valence-electron chi connectivity index (χ0n) is 29.8. The van der Waals surface area contributed by atoms with E-state index in [-0.39, 0.29) is 41.1 Å². The summed E-state index contributed by atoms with van der Waals surface area (Å²) in [5.74, 6) is 0.434. The van der Waals surface area contributed by atoms with Crippen LogP contribution in [0.3, 0.4) is 0 Å². The van der Waals surface area contributed by atoms with Crippen LogP contribution in [-0.4, -0.2) is 3.21 Å². The molecule has 2 unspecified atom stereocenters. The van der Waals surface area contributed by atoms with Crippen molar-refractivity contribution in [3.63, 3.8) is 0 Å². The summed E-state index contributed by atoms with van der Waals surface area (Å²) in [5.41, 5.74) is 13.5. The number of hydrogen-bond acceptors (Lipinski definition) is 0. The van der Waals surface area contributed by atoms with Crippen molar-refractivity contribution in [3.8, 4) is 11.1 Å². The van der Waals surface area contributed by atoms with Crippen molar-refractivity contribution in [1.29, 1.82) is 0 Å². The van der Waals surface area contributed by atoms with Gasteiger partial charge in [-0.2, -0.15) is 0 Å². The Morgan fingerprint density at radius 1 is 0.596 bits per heavy atom. The number of hydrogen-bond donors (Lipinski definition) is 0. The van der Waals surface area contributed by atoms with Crippen molar-refractivity contribution in [3.05, 3.63) is 151 Å². The molecule has 4 aromatic rings. The molecule has 47 heavy (non-hydrogen) atoms. The van der Waals surface area contributed by atoms with E-state index < -0.39 is 21.3 Å². The second-order valence-electron chi connectivity index (χ2n) is 16.3. The van der Waals surface area contributed by atoms with Crippen molar-refractivity contribution in [2.75, 3.05) is 0 Å². The number of allylic oxidation sites excluding steroid dienone is 4. The van der Waals surface area contributed by atoms with Gasteiger partial charge in [0.2, 0.25) is 0 Å². The normalized spacial score (nSPS) is 16.9. The SMILES string of the molecule is CC1C=C(C(C)(C)C)C=[C]1[Zr+2](=[C](c1ccccc1)c1ccccc1)[CH]1c2ccc(C(C)(C)C)cc2-c2c1cccc2C(C)(C)C.[Cl-].[Cl-]. The van der Waals surface area contributed by atoms with Gasteiger partial charge in [-0.1, -0.05) is 0 Å². The first-order chi connectivity index (χ1) is 21.2. The van der Waals surface area contributed by atoms with Gasteiger partial charge in [0, 0.05) is 0 Å². The van der Waals surface area contributed by atoms with E-state index in [0.717, 1.165) is 0 Å². The van der Waals surface area contributed by atoms with E-state index in [1.165, 1.54) is 39.0 Å². The molecule has 0 saturated heterocycles. The molecule has 6 rings (SSSR count). The molecule has 0 fully saturated rings. The minimum Gasteiger partial charge on any atom is -1.00 e. The van der Waals surface area contributed by atoms with Gasteiger partial charge in [-0.15, -0.1) is 0 Å². The van der Waals surface area contributed by atoms with Crippen molar-refractivity contribution in [2.45, 2.75) is 83.7 Å². The molecular weight excluding hydrogens is 691 g/mol. The van der Waals surface area contributed by atoms with Gasteiger partial charge in [0.15, 0.2) is 0 Å². The standard InChI is InChI=1S/C21H25.C13H10.C10H15.2ClH.Zr/c1-20(2,3)16-11-10-14-12-15-8-7-9-18(21(4,5)6)19(15)17(14)13-16;1-3-7-12(8-4-1)11-13-9-5-2-6-10-13;1-8-5-6-9(7-8)10(2,3)4;;;/h7-13H,1-6H3;1-10H;6-8H,1-4H3;2*1H;/q;;;;;+2/p-2. The third kappa shape index (κ3) is 7.20. The summed E-state index contributed by atoms with van der Waals surface area (Å²) >= 11 is -2.84. The maximum Gasteiger partial charge on any atom is -1.00 e. The minimum absolute atomic E-state index is 0. The summed E-state index contributed by atoms with van der Waals surface area (Å²) in [5, 5.41) is 0. The van der Waals surface area contributed by atoms with Gasteiger partial charge in [0.05, 0.1) is 0 Å². The number of fused-ring (bicyclic) bond motifs is 3. The summed E-state index contributed by atoms with van der Waals surface area (Å²) in [4.78, 5) is 0. The Hall–Kier alpha value is -2.31. The third-order valence-electron chi connectivity index (χ3n) is 9.81. The number of benzene rings is 4. The fraction of sp³-hybridized carbons (Fsp3) is 0.341. The first-order valence-corrected chi connectivity index (χ1v) is 20.6. The fourth-order valence-electron chi connectivity index (χ4n) is 7.34. The Morgan fingerprint density at radius 3 is 1.66 bits per heavy atom. The van der Waals surface area contributed by atoms with Gasteiger partial charge < -0.3 is 24.8 Å². The van der Waals surface area contributed by atoms with Crippen molar-refractivity contribution in [2.24, 2.45) is 11.3 Å². The maximum absolute atomic E-state index is 2.84. The van der Waals surface area contributed by atoms with Crippen LogP contribution in [0.15, 0.2) is 118 Å². The molecule has 2 aliphatic rings. The van der Waals surface area contributed by atoms with Crippen LogP contribution in [0.4, 0.5) is 0 Å². The molecular formula is C44H50Cl2Zr. The zero-order chi connectivity index (χ0) is 32.3. The number of halogens is 2. The van der Waals surface area contributed by atoms with Crippen LogP contribution in [0.25, 0.3) is 11.1 Å². The van der Waals surface area contributed by atoms with E-state index in [1.807, 2.05) is 0 Å². The smallest absolute Gasteiger partial charge is 1.00 e. The Labute approximate surface area is 304 Å². The molecule has 2 aliphatic carbocycles. The second kappa shape index (κ2) is 13.9. The van der Waals surface area contributed by atoms with Gasteiger partial charge in [-0.05, 0) is 0 Å². The predicted molar refractivity (Wildman–Crippen MR) is 192 cm³/mol. The molecule has 0 spiro atoms. The van der Waals surface area contributed by atoms with Crippen LogP contribution in [-0.2, 0) is 32.1 Å². The molecule has 0 amide bonds. The van der Waals surface area contributed by atoms with Crippen LogP contribution in [0.2, 0.25) is 0 Å². The average Bonchev–Trinajstić information content (AvgIpc) is 3.53. The van der Waals surface area contributed by atoms with Gasteiger partial charge in [-0.25, -0.2) is 0 Å². The second-order valence-corrected chi connectivity index (χ2v) is 22.4. The average molecular weight is 741 g/mol. The maximum atomic E-state index is 2.65. The van der Waals surface area contributed by atoms with Crippen LogP contribution in [0, 0.1) is 11.3 Å². The molecule has 244 valence electrons. The molecule has 0 heterocycles. The Balaban J connectivity index is 0.00000250. The quantitative estimate of drug-likeness (QED) is 0.250. The largest absolute Gasteiger partial charge is 1.00 e.